The van der Waals surface area contributed by atoms with Crippen LogP contribution < -0.4 is 10.1 Å². The van der Waals surface area contributed by atoms with Gasteiger partial charge in [-0.3, -0.25) is 0 Å². The summed E-state index contributed by atoms with van der Waals surface area (Å²) >= 11 is 0. The fraction of sp³-hybridized carbons (Fsp3) is 0.588. The third-order valence-electron chi connectivity index (χ3n) is 4.53. The van der Waals surface area contributed by atoms with Crippen LogP contribution in [0.1, 0.15) is 44.9 Å². The second-order valence-electron chi connectivity index (χ2n) is 6.11. The molecule has 0 spiro atoms. The lowest BCUT2D eigenvalue weighted by molar-refractivity contribution is 0.179. The number of amides is 1. The number of ether oxygens (including phenoxy) is 1. The Balaban J connectivity index is 1.57. The molecular formula is C17H23NO2. The zero-order valence-electron chi connectivity index (χ0n) is 11.9. The maximum absolute atomic E-state index is 12.1. The summed E-state index contributed by atoms with van der Waals surface area (Å²) in [6.07, 6.45) is 8.70. The molecule has 1 aromatic rings. The first-order chi connectivity index (χ1) is 9.83. The van der Waals surface area contributed by atoms with E-state index in [9.17, 15) is 4.79 Å². The van der Waals surface area contributed by atoms with Crippen LogP contribution in [0.15, 0.2) is 30.3 Å². The lowest BCUT2D eigenvalue weighted by Gasteiger charge is -2.30. The van der Waals surface area contributed by atoms with Crippen LogP contribution in [0, 0.1) is 11.8 Å². The van der Waals surface area contributed by atoms with E-state index >= 15 is 0 Å². The number of nitrogens with one attached hydrogen (secondary N) is 1. The molecule has 0 radical (unpaired) electrons. The van der Waals surface area contributed by atoms with Gasteiger partial charge in [0.05, 0.1) is 0 Å². The zero-order chi connectivity index (χ0) is 13.8. The molecule has 0 saturated heterocycles. The van der Waals surface area contributed by atoms with Crippen molar-refractivity contribution < 1.29 is 9.53 Å². The van der Waals surface area contributed by atoms with Gasteiger partial charge < -0.3 is 10.1 Å². The van der Waals surface area contributed by atoms with E-state index in [1.165, 1.54) is 44.9 Å². The molecule has 1 N–H and O–H groups in total. The van der Waals surface area contributed by atoms with Crippen molar-refractivity contribution in [1.82, 2.24) is 5.32 Å². The molecule has 1 aromatic carbocycles. The minimum absolute atomic E-state index is 0.293. The van der Waals surface area contributed by atoms with Gasteiger partial charge in [-0.2, -0.15) is 0 Å². The minimum Gasteiger partial charge on any atom is -0.410 e. The Morgan fingerprint density at radius 1 is 1.00 bits per heavy atom. The quantitative estimate of drug-likeness (QED) is 0.895. The molecule has 1 unspecified atom stereocenters. The molecule has 3 nitrogen and oxygen atoms in total. The second kappa shape index (κ2) is 6.29. The van der Waals surface area contributed by atoms with Gasteiger partial charge in [0.1, 0.15) is 5.75 Å². The molecular weight excluding hydrogens is 250 g/mol. The summed E-state index contributed by atoms with van der Waals surface area (Å²) in [6.45, 7) is 0. The normalized spacial score (nSPS) is 21.2. The van der Waals surface area contributed by atoms with Gasteiger partial charge in [-0.05, 0) is 49.7 Å². The predicted octanol–water partition coefficient (Wildman–Crippen LogP) is 4.13. The van der Waals surface area contributed by atoms with Crippen molar-refractivity contribution in [3.8, 4) is 5.75 Å². The van der Waals surface area contributed by atoms with E-state index < -0.39 is 0 Å². The van der Waals surface area contributed by atoms with Crippen LogP contribution in [0.3, 0.4) is 0 Å². The number of rotatable bonds is 4. The highest BCUT2D eigenvalue weighted by atomic mass is 16.6. The maximum atomic E-state index is 12.1. The van der Waals surface area contributed by atoms with E-state index in [1.54, 1.807) is 0 Å². The van der Waals surface area contributed by atoms with Gasteiger partial charge in [-0.1, -0.05) is 37.5 Å². The predicted molar refractivity (Wildman–Crippen MR) is 78.7 cm³/mol. The topological polar surface area (TPSA) is 38.3 Å². The van der Waals surface area contributed by atoms with E-state index in [2.05, 4.69) is 5.32 Å². The first kappa shape index (κ1) is 13.5. The molecule has 2 saturated carbocycles. The summed E-state index contributed by atoms with van der Waals surface area (Å²) in [5.74, 6) is 1.95. The second-order valence-corrected chi connectivity index (χ2v) is 6.11. The third kappa shape index (κ3) is 3.53. The highest BCUT2D eigenvalue weighted by molar-refractivity contribution is 5.70. The van der Waals surface area contributed by atoms with Crippen LogP contribution in [0.5, 0.6) is 5.75 Å². The van der Waals surface area contributed by atoms with E-state index in [-0.39, 0.29) is 6.09 Å². The molecule has 0 bridgehead atoms. The maximum Gasteiger partial charge on any atom is 0.412 e. The number of carbonyl (C=O) groups is 1. The van der Waals surface area contributed by atoms with E-state index in [0.29, 0.717) is 23.6 Å². The van der Waals surface area contributed by atoms with Crippen LogP contribution >= 0.6 is 0 Å². The number of hydrogen-bond donors (Lipinski definition) is 1. The summed E-state index contributed by atoms with van der Waals surface area (Å²) in [7, 11) is 0. The van der Waals surface area contributed by atoms with E-state index in [0.717, 1.165) is 0 Å². The van der Waals surface area contributed by atoms with Gasteiger partial charge in [-0.15, -0.1) is 0 Å². The molecule has 0 heterocycles. The Kier molecular flexibility index (Phi) is 4.24. The van der Waals surface area contributed by atoms with Crippen molar-refractivity contribution in [2.75, 3.05) is 0 Å². The first-order valence-corrected chi connectivity index (χ1v) is 7.86. The first-order valence-electron chi connectivity index (χ1n) is 7.86. The lowest BCUT2D eigenvalue weighted by atomic mass is 9.82. The highest BCUT2D eigenvalue weighted by Gasteiger charge is 2.38. The van der Waals surface area contributed by atoms with Gasteiger partial charge in [-0.25, -0.2) is 4.79 Å². The zero-order valence-corrected chi connectivity index (χ0v) is 11.9. The third-order valence-corrected chi connectivity index (χ3v) is 4.53. The molecule has 3 heteroatoms. The van der Waals surface area contributed by atoms with Crippen LogP contribution in [-0.2, 0) is 0 Å². The molecule has 0 aromatic heterocycles. The number of para-hydroxylation sites is 1. The molecule has 1 atom stereocenters. The molecule has 2 aliphatic rings. The van der Waals surface area contributed by atoms with Gasteiger partial charge in [0.2, 0.25) is 0 Å². The Labute approximate surface area is 120 Å². The number of carbonyl (C=O) groups excluding carboxylic acids is 1. The average Bonchev–Trinajstić information content (AvgIpc) is 3.31. The molecule has 108 valence electrons. The Hall–Kier alpha value is -1.51. The number of hydrogen-bond acceptors (Lipinski definition) is 2. The lowest BCUT2D eigenvalue weighted by Crippen LogP contribution is -2.43. The average molecular weight is 273 g/mol. The van der Waals surface area contributed by atoms with Crippen molar-refractivity contribution in [3.05, 3.63) is 30.3 Å². The minimum atomic E-state index is -0.293. The van der Waals surface area contributed by atoms with Gasteiger partial charge in [0, 0.05) is 6.04 Å². The van der Waals surface area contributed by atoms with Crippen LogP contribution in [0.4, 0.5) is 4.79 Å². The Morgan fingerprint density at radius 3 is 2.30 bits per heavy atom. The van der Waals surface area contributed by atoms with Crippen LogP contribution in [0.2, 0.25) is 0 Å². The Bertz CT molecular complexity index is 436. The molecule has 0 aliphatic heterocycles. The van der Waals surface area contributed by atoms with Gasteiger partial charge in [0.25, 0.3) is 0 Å². The standard InChI is InChI=1S/C17H23NO2/c19-17(20-15-9-5-2-6-10-15)18-16(14-11-12-14)13-7-3-1-4-8-13/h2,5-6,9-10,13-14,16H,1,3-4,7-8,11-12H2,(H,18,19). The fourth-order valence-corrected chi connectivity index (χ4v) is 3.33. The fourth-order valence-electron chi connectivity index (χ4n) is 3.33. The SMILES string of the molecule is O=C(NC(C1CCCCC1)C1CC1)Oc1ccccc1. The van der Waals surface area contributed by atoms with Gasteiger partial charge in [0.15, 0.2) is 0 Å². The summed E-state index contributed by atoms with van der Waals surface area (Å²) in [6, 6.07) is 9.62. The molecule has 2 fully saturated rings. The molecule has 1 amide bonds. The molecule has 20 heavy (non-hydrogen) atoms. The Morgan fingerprint density at radius 2 is 1.65 bits per heavy atom. The summed E-state index contributed by atoms with van der Waals surface area (Å²) < 4.78 is 5.36. The molecule has 2 aliphatic carbocycles. The largest absolute Gasteiger partial charge is 0.412 e. The smallest absolute Gasteiger partial charge is 0.410 e. The highest BCUT2D eigenvalue weighted by Crippen LogP contribution is 2.40. The van der Waals surface area contributed by atoms with Crippen LogP contribution in [0.25, 0.3) is 0 Å². The summed E-state index contributed by atoms with van der Waals surface area (Å²) in [5.41, 5.74) is 0. The van der Waals surface area contributed by atoms with Crippen molar-refractivity contribution in [2.24, 2.45) is 11.8 Å². The monoisotopic (exact) mass is 273 g/mol. The van der Waals surface area contributed by atoms with Crippen molar-refractivity contribution >= 4 is 6.09 Å². The van der Waals surface area contributed by atoms with Crippen molar-refractivity contribution in [3.63, 3.8) is 0 Å². The summed E-state index contributed by atoms with van der Waals surface area (Å²) in [4.78, 5) is 12.1. The van der Waals surface area contributed by atoms with E-state index in [1.807, 2.05) is 30.3 Å². The van der Waals surface area contributed by atoms with Crippen molar-refractivity contribution in [2.45, 2.75) is 51.0 Å². The van der Waals surface area contributed by atoms with Crippen LogP contribution in [-0.4, -0.2) is 12.1 Å². The van der Waals surface area contributed by atoms with Crippen molar-refractivity contribution in [1.29, 1.82) is 0 Å². The van der Waals surface area contributed by atoms with Gasteiger partial charge >= 0.3 is 6.09 Å². The van der Waals surface area contributed by atoms with E-state index in [4.69, 9.17) is 4.74 Å². The summed E-state index contributed by atoms with van der Waals surface area (Å²) in [5, 5.41) is 3.14. The number of benzene rings is 1. The molecule has 3 rings (SSSR count).